The summed E-state index contributed by atoms with van der Waals surface area (Å²) in [6.07, 6.45) is 0.789. The van der Waals surface area contributed by atoms with E-state index in [0.717, 1.165) is 23.6 Å². The predicted octanol–water partition coefficient (Wildman–Crippen LogP) is 4.62. The number of benzene rings is 1. The summed E-state index contributed by atoms with van der Waals surface area (Å²) in [4.78, 5) is 27.6. The molecule has 1 saturated heterocycles. The number of nitrogens with zero attached hydrogens (tertiary/aromatic N) is 6. The molecule has 2 aromatic heterocycles. The van der Waals surface area contributed by atoms with Crippen molar-refractivity contribution in [3.63, 3.8) is 0 Å². The molecule has 12 heteroatoms. The number of amides is 1. The third-order valence-electron chi connectivity index (χ3n) is 6.00. The second kappa shape index (κ2) is 8.28. The summed E-state index contributed by atoms with van der Waals surface area (Å²) in [6.45, 7) is 0. The van der Waals surface area contributed by atoms with Crippen LogP contribution in [0.1, 0.15) is 30.5 Å². The Kier molecular flexibility index (Phi) is 5.36. The van der Waals surface area contributed by atoms with Gasteiger partial charge in [0.2, 0.25) is 0 Å². The minimum Gasteiger partial charge on any atom is -0.424 e. The minimum absolute atomic E-state index is 0.102. The van der Waals surface area contributed by atoms with E-state index in [9.17, 15) is 23.2 Å². The van der Waals surface area contributed by atoms with Crippen LogP contribution in [0.4, 0.5) is 24.5 Å². The first-order valence-corrected chi connectivity index (χ1v) is 10.9. The van der Waals surface area contributed by atoms with Crippen molar-refractivity contribution in [2.75, 3.05) is 9.80 Å². The number of pyridine rings is 1. The molecule has 1 spiro atoms. The Labute approximate surface area is 202 Å². The summed E-state index contributed by atoms with van der Waals surface area (Å²) in [5, 5.41) is 9.12. The lowest BCUT2D eigenvalue weighted by Crippen LogP contribution is -2.55. The zero-order valence-electron chi connectivity index (χ0n) is 17.9. The summed E-state index contributed by atoms with van der Waals surface area (Å²) < 4.78 is 47.4. The fourth-order valence-corrected chi connectivity index (χ4v) is 4.76. The van der Waals surface area contributed by atoms with E-state index in [1.54, 1.807) is 35.2 Å². The van der Waals surface area contributed by atoms with Gasteiger partial charge in [-0.05, 0) is 67.9 Å². The quantitative estimate of drug-likeness (QED) is 0.483. The van der Waals surface area contributed by atoms with E-state index in [1.807, 2.05) is 0 Å². The van der Waals surface area contributed by atoms with Crippen LogP contribution >= 0.6 is 12.2 Å². The number of thiocarbonyl (C=S) groups is 1. The van der Waals surface area contributed by atoms with Crippen LogP contribution < -0.4 is 14.5 Å². The Balaban J connectivity index is 1.54. The second-order valence-electron chi connectivity index (χ2n) is 7.93. The zero-order chi connectivity index (χ0) is 24.8. The predicted molar refractivity (Wildman–Crippen MR) is 122 cm³/mol. The van der Waals surface area contributed by atoms with Gasteiger partial charge in [0.15, 0.2) is 10.8 Å². The molecule has 176 valence electrons. The third-order valence-corrected chi connectivity index (χ3v) is 6.36. The highest BCUT2D eigenvalue weighted by molar-refractivity contribution is 7.81. The van der Waals surface area contributed by atoms with Crippen LogP contribution in [0.5, 0.6) is 11.8 Å². The molecule has 3 heterocycles. The number of halogens is 3. The Bertz CT molecular complexity index is 1350. The van der Waals surface area contributed by atoms with Crippen molar-refractivity contribution >= 4 is 34.6 Å². The summed E-state index contributed by atoms with van der Waals surface area (Å²) >= 11 is 5.56. The second-order valence-corrected chi connectivity index (χ2v) is 8.30. The average Bonchev–Trinajstić information content (AvgIpc) is 3.05. The monoisotopic (exact) mass is 496 g/mol. The molecule has 0 N–H and O–H groups in total. The Morgan fingerprint density at radius 1 is 1.06 bits per heavy atom. The van der Waals surface area contributed by atoms with Crippen LogP contribution in [0.25, 0.3) is 0 Å². The standard InChI is InChI=1S/C23H15F3N6O2S/c24-23(25,26)18-16(13-27)28-12-7-17(18)31-19(33)22(8-1-9-22)32(21(31)35)14-3-5-15(6-4-14)34-20-29-10-2-11-30-20/h2-7,10-12H,1,8-9H2. The van der Waals surface area contributed by atoms with Gasteiger partial charge in [0.25, 0.3) is 5.91 Å². The average molecular weight is 496 g/mol. The highest BCUT2D eigenvalue weighted by atomic mass is 32.1. The lowest BCUT2D eigenvalue weighted by molar-refractivity contribution is -0.137. The van der Waals surface area contributed by atoms with Gasteiger partial charge in [-0.25, -0.2) is 15.0 Å². The Hall–Kier alpha value is -4.11. The van der Waals surface area contributed by atoms with Gasteiger partial charge in [-0.1, -0.05) is 0 Å². The van der Waals surface area contributed by atoms with Gasteiger partial charge in [-0.3, -0.25) is 9.69 Å². The number of hydrogen-bond donors (Lipinski definition) is 0. The number of alkyl halides is 3. The van der Waals surface area contributed by atoms with Crippen LogP contribution in [-0.2, 0) is 11.0 Å². The summed E-state index contributed by atoms with van der Waals surface area (Å²) in [5.41, 5.74) is -3.19. The van der Waals surface area contributed by atoms with Crippen molar-refractivity contribution in [2.24, 2.45) is 0 Å². The lowest BCUT2D eigenvalue weighted by Gasteiger charge is -2.43. The van der Waals surface area contributed by atoms with Crippen molar-refractivity contribution in [1.29, 1.82) is 5.26 Å². The van der Waals surface area contributed by atoms with Gasteiger partial charge in [0.1, 0.15) is 22.9 Å². The fourth-order valence-electron chi connectivity index (χ4n) is 4.30. The first-order chi connectivity index (χ1) is 16.8. The molecule has 1 saturated carbocycles. The molecule has 1 aliphatic carbocycles. The molecule has 5 rings (SSSR count). The maximum Gasteiger partial charge on any atom is 0.421 e. The zero-order valence-corrected chi connectivity index (χ0v) is 18.7. The topological polar surface area (TPSA) is 95.2 Å². The molecule has 0 radical (unpaired) electrons. The Morgan fingerprint density at radius 3 is 2.31 bits per heavy atom. The van der Waals surface area contributed by atoms with Crippen molar-refractivity contribution in [2.45, 2.75) is 31.0 Å². The van der Waals surface area contributed by atoms with E-state index in [-0.39, 0.29) is 11.1 Å². The smallest absolute Gasteiger partial charge is 0.421 e. The van der Waals surface area contributed by atoms with E-state index < -0.39 is 34.6 Å². The molecule has 35 heavy (non-hydrogen) atoms. The lowest BCUT2D eigenvalue weighted by atomic mass is 9.75. The molecular formula is C23H15F3N6O2S. The number of nitriles is 1. The molecule has 0 atom stereocenters. The van der Waals surface area contributed by atoms with Crippen molar-refractivity contribution < 1.29 is 22.7 Å². The molecule has 3 aromatic rings. The van der Waals surface area contributed by atoms with Crippen LogP contribution in [0.15, 0.2) is 55.0 Å². The Morgan fingerprint density at radius 2 is 1.74 bits per heavy atom. The highest BCUT2D eigenvalue weighted by Gasteiger charge is 2.60. The van der Waals surface area contributed by atoms with E-state index in [2.05, 4.69) is 15.0 Å². The van der Waals surface area contributed by atoms with Gasteiger partial charge in [0.05, 0.1) is 5.69 Å². The fraction of sp³-hybridized carbons (Fsp3) is 0.217. The van der Waals surface area contributed by atoms with Gasteiger partial charge in [-0.2, -0.15) is 18.4 Å². The van der Waals surface area contributed by atoms with Crippen molar-refractivity contribution in [1.82, 2.24) is 15.0 Å². The number of carbonyl (C=O) groups is 1. The molecule has 1 aromatic carbocycles. The normalized spacial score (nSPS) is 16.9. The van der Waals surface area contributed by atoms with Gasteiger partial charge in [-0.15, -0.1) is 0 Å². The molecule has 2 aliphatic rings. The van der Waals surface area contributed by atoms with Gasteiger partial charge in [0, 0.05) is 24.3 Å². The summed E-state index contributed by atoms with van der Waals surface area (Å²) in [6, 6.07) is 10.9. The summed E-state index contributed by atoms with van der Waals surface area (Å²) in [7, 11) is 0. The molecule has 1 aliphatic heterocycles. The molecule has 2 fully saturated rings. The van der Waals surface area contributed by atoms with Crippen molar-refractivity contribution in [3.05, 3.63) is 66.2 Å². The van der Waals surface area contributed by atoms with Crippen molar-refractivity contribution in [3.8, 4) is 17.8 Å². The number of hydrogen-bond acceptors (Lipinski definition) is 7. The molecule has 0 bridgehead atoms. The maximum atomic E-state index is 13.9. The van der Waals surface area contributed by atoms with E-state index in [4.69, 9.17) is 17.0 Å². The highest BCUT2D eigenvalue weighted by Crippen LogP contribution is 2.49. The first kappa shape index (κ1) is 22.7. The molecule has 1 amide bonds. The molecule has 8 nitrogen and oxygen atoms in total. The summed E-state index contributed by atoms with van der Waals surface area (Å²) in [5.74, 6) is -0.129. The number of aromatic nitrogens is 3. The third kappa shape index (κ3) is 3.64. The van der Waals surface area contributed by atoms with Crippen LogP contribution in [0, 0.1) is 11.3 Å². The number of rotatable bonds is 4. The van der Waals surface area contributed by atoms with Gasteiger partial charge < -0.3 is 9.64 Å². The van der Waals surface area contributed by atoms with E-state index in [1.165, 1.54) is 18.5 Å². The van der Waals surface area contributed by atoms with Crippen LogP contribution in [0.3, 0.4) is 0 Å². The SMILES string of the molecule is N#Cc1nccc(N2C(=O)C3(CCC3)N(c3ccc(Oc4ncccn4)cc3)C2=S)c1C(F)(F)F. The van der Waals surface area contributed by atoms with Crippen LogP contribution in [0.2, 0.25) is 0 Å². The minimum atomic E-state index is -4.91. The number of anilines is 2. The largest absolute Gasteiger partial charge is 0.424 e. The van der Waals surface area contributed by atoms with E-state index in [0.29, 0.717) is 24.3 Å². The first-order valence-electron chi connectivity index (χ1n) is 10.5. The molecule has 0 unspecified atom stereocenters. The van der Waals surface area contributed by atoms with Crippen LogP contribution in [-0.4, -0.2) is 31.5 Å². The van der Waals surface area contributed by atoms with Gasteiger partial charge >= 0.3 is 12.2 Å². The van der Waals surface area contributed by atoms with E-state index >= 15 is 0 Å². The number of carbonyl (C=O) groups excluding carboxylic acids is 1. The number of ether oxygens (including phenoxy) is 1. The molecular weight excluding hydrogens is 481 g/mol. The maximum absolute atomic E-state index is 13.9.